The fourth-order valence-corrected chi connectivity index (χ4v) is 10.9. The van der Waals surface area contributed by atoms with Crippen molar-refractivity contribution >= 4 is 91.3 Å². The maximum atomic E-state index is 6.72. The zero-order chi connectivity index (χ0) is 38.2. The van der Waals surface area contributed by atoms with Crippen molar-refractivity contribution in [3.8, 4) is 16.9 Å². The third-order valence-corrected chi connectivity index (χ3v) is 13.6. The largest absolute Gasteiger partial charge is 0.485 e. The predicted molar refractivity (Wildman–Crippen MR) is 251 cm³/mol. The molecule has 2 aliphatic carbocycles. The van der Waals surface area contributed by atoms with Gasteiger partial charge in [0.15, 0.2) is 0 Å². The molecule has 2 heterocycles. The number of thiophene rings is 1. The number of benzene rings is 8. The molecule has 8 aromatic carbocycles. The Labute approximate surface area is 341 Å². The molecule has 1 atom stereocenters. The molecule has 1 aliphatic heterocycles. The fourth-order valence-electron chi connectivity index (χ4n) is 9.72. The lowest BCUT2D eigenvalue weighted by Crippen LogP contribution is -2.15. The van der Waals surface area contributed by atoms with Crippen LogP contribution in [0.1, 0.15) is 36.0 Å². The van der Waals surface area contributed by atoms with Crippen LogP contribution in [-0.4, -0.2) is 6.10 Å². The van der Waals surface area contributed by atoms with E-state index in [1.807, 2.05) is 11.3 Å². The predicted octanol–water partition coefficient (Wildman–Crippen LogP) is 15.8. The van der Waals surface area contributed by atoms with Gasteiger partial charge in [-0.2, -0.15) is 0 Å². The van der Waals surface area contributed by atoms with Crippen LogP contribution in [0.15, 0.2) is 188 Å². The van der Waals surface area contributed by atoms with Crippen LogP contribution >= 0.6 is 11.3 Å². The number of rotatable bonds is 3. The van der Waals surface area contributed by atoms with Crippen molar-refractivity contribution in [3.63, 3.8) is 0 Å². The molecule has 0 saturated carbocycles. The third kappa shape index (κ3) is 5.36. The molecule has 12 rings (SSSR count). The minimum absolute atomic E-state index is 0.00847. The summed E-state index contributed by atoms with van der Waals surface area (Å²) in [7, 11) is 0. The highest BCUT2D eigenvalue weighted by Gasteiger charge is 2.33. The topological polar surface area (TPSA) is 9.23 Å². The van der Waals surface area contributed by atoms with E-state index in [1.54, 1.807) is 0 Å². The zero-order valence-electron chi connectivity index (χ0n) is 31.9. The Kier molecular flexibility index (Phi) is 7.74. The van der Waals surface area contributed by atoms with Crippen molar-refractivity contribution in [3.05, 3.63) is 205 Å². The van der Waals surface area contributed by atoms with Crippen LogP contribution in [0.2, 0.25) is 0 Å². The molecule has 1 nitrogen and oxygen atoms in total. The van der Waals surface area contributed by atoms with Gasteiger partial charge < -0.3 is 4.74 Å². The van der Waals surface area contributed by atoms with Gasteiger partial charge in [0.05, 0.1) is 0 Å². The lowest BCUT2D eigenvalue weighted by molar-refractivity contribution is 0.281. The summed E-state index contributed by atoms with van der Waals surface area (Å²) in [5, 5.41) is 12.9. The summed E-state index contributed by atoms with van der Waals surface area (Å²) in [6, 6.07) is 49.8. The molecular weight excluding hydrogens is 721 g/mol. The van der Waals surface area contributed by atoms with E-state index in [9.17, 15) is 0 Å². The molecule has 0 radical (unpaired) electrons. The summed E-state index contributed by atoms with van der Waals surface area (Å²) in [5.41, 5.74) is 10.3. The van der Waals surface area contributed by atoms with Crippen molar-refractivity contribution in [2.75, 3.05) is 0 Å². The molecule has 0 N–H and O–H groups in total. The van der Waals surface area contributed by atoms with Gasteiger partial charge in [-0.25, -0.2) is 0 Å². The van der Waals surface area contributed by atoms with Gasteiger partial charge >= 0.3 is 0 Å². The molecule has 1 unspecified atom stereocenters. The van der Waals surface area contributed by atoms with Gasteiger partial charge in [-0.15, -0.1) is 11.3 Å². The van der Waals surface area contributed by atoms with E-state index in [1.165, 1.54) is 108 Å². The van der Waals surface area contributed by atoms with Crippen LogP contribution in [0.3, 0.4) is 0 Å². The fraction of sp³-hybridized carbons (Fsp3) is 0.0714. The molecule has 0 bridgehead atoms. The molecular formula is C56H38OS. The molecule has 58 heavy (non-hydrogen) atoms. The van der Waals surface area contributed by atoms with E-state index in [2.05, 4.69) is 188 Å². The molecule has 9 aromatic rings. The molecule has 2 heteroatoms. The second-order valence-electron chi connectivity index (χ2n) is 15.8. The summed E-state index contributed by atoms with van der Waals surface area (Å²) >= 11 is 1.88. The van der Waals surface area contributed by atoms with Gasteiger partial charge in [0.2, 0.25) is 0 Å². The summed E-state index contributed by atoms with van der Waals surface area (Å²) < 4.78 is 9.40. The van der Waals surface area contributed by atoms with Crippen molar-refractivity contribution in [2.45, 2.75) is 25.4 Å². The van der Waals surface area contributed by atoms with Gasteiger partial charge in [-0.05, 0) is 126 Å². The first kappa shape index (κ1) is 33.4. The lowest BCUT2D eigenvalue weighted by Gasteiger charge is -2.20. The second kappa shape index (κ2) is 13.4. The molecule has 0 fully saturated rings. The Morgan fingerprint density at radius 1 is 0.448 bits per heavy atom. The first-order chi connectivity index (χ1) is 28.7. The number of allylic oxidation sites excluding steroid dienone is 10. The highest BCUT2D eigenvalue weighted by atomic mass is 32.1. The number of hydrogen-bond acceptors (Lipinski definition) is 2. The van der Waals surface area contributed by atoms with Gasteiger partial charge in [0.1, 0.15) is 11.9 Å². The van der Waals surface area contributed by atoms with E-state index < -0.39 is 0 Å². The zero-order valence-corrected chi connectivity index (χ0v) is 32.7. The lowest BCUT2D eigenvalue weighted by atomic mass is 9.84. The highest BCUT2D eigenvalue weighted by Crippen LogP contribution is 2.49. The maximum Gasteiger partial charge on any atom is 0.129 e. The Hall–Kier alpha value is -6.74. The van der Waals surface area contributed by atoms with E-state index >= 15 is 0 Å². The van der Waals surface area contributed by atoms with Crippen molar-refractivity contribution < 1.29 is 4.74 Å². The number of ether oxygens (including phenoxy) is 1. The van der Waals surface area contributed by atoms with Crippen molar-refractivity contribution in [1.29, 1.82) is 0 Å². The summed E-state index contributed by atoms with van der Waals surface area (Å²) in [4.78, 5) is 0. The van der Waals surface area contributed by atoms with Crippen LogP contribution in [0.25, 0.3) is 91.1 Å². The maximum absolute atomic E-state index is 6.72. The summed E-state index contributed by atoms with van der Waals surface area (Å²) in [5.74, 6) is 0.995. The normalized spacial score (nSPS) is 19.0. The van der Waals surface area contributed by atoms with E-state index in [-0.39, 0.29) is 6.10 Å². The standard InChI is InChI=1S/C56H38OS/c1-2-4-6-14-35(15-7-5-3-1)54-43-17-8-10-19-45(43)55(46-20-11-9-18-44(46)54)41-25-24-36-30-37(22-23-38(36)31-41)39-26-28-47-51(32-39)57-50-29-27-40-33-53-49(34-48(40)56(47)50)42-16-12-13-21-52(42)58-53/h1-2,4-13,15-31,33-34,51H,3,14,32H2/b2-1-,6-4-,7-5-,35-15+. The Morgan fingerprint density at radius 3 is 1.93 bits per heavy atom. The van der Waals surface area contributed by atoms with Crippen molar-refractivity contribution in [1.82, 2.24) is 0 Å². The first-order valence-electron chi connectivity index (χ1n) is 20.4. The molecule has 274 valence electrons. The van der Waals surface area contributed by atoms with E-state index in [0.29, 0.717) is 0 Å². The van der Waals surface area contributed by atoms with Crippen LogP contribution in [-0.2, 0) is 0 Å². The minimum atomic E-state index is 0.00847. The average molecular weight is 759 g/mol. The third-order valence-electron chi connectivity index (χ3n) is 12.4. The second-order valence-corrected chi connectivity index (χ2v) is 16.8. The number of hydrogen-bond donors (Lipinski definition) is 0. The van der Waals surface area contributed by atoms with E-state index in [0.717, 1.165) is 25.0 Å². The number of fused-ring (bicyclic) bond motifs is 11. The SMILES string of the molecule is C1=C(c2ccc3cc(-c4c5ccccc5c(/C5=C/C=C\C/C=C\C=C/C5)c5ccccc45)ccc3c2)CC2Oc3ccc4cc5sc6ccccc6c5cc4c3C2=C1. The van der Waals surface area contributed by atoms with Crippen LogP contribution in [0.5, 0.6) is 5.75 Å². The Balaban J connectivity index is 0.923. The molecule has 0 spiro atoms. The Morgan fingerprint density at radius 2 is 1.12 bits per heavy atom. The summed E-state index contributed by atoms with van der Waals surface area (Å²) in [6.45, 7) is 0. The monoisotopic (exact) mass is 758 g/mol. The van der Waals surface area contributed by atoms with Crippen LogP contribution < -0.4 is 4.74 Å². The van der Waals surface area contributed by atoms with Gasteiger partial charge in [-0.1, -0.05) is 152 Å². The van der Waals surface area contributed by atoms with E-state index in [4.69, 9.17) is 4.74 Å². The average Bonchev–Trinajstić information content (AvgIpc) is 3.84. The van der Waals surface area contributed by atoms with Crippen LogP contribution in [0.4, 0.5) is 0 Å². The molecule has 0 saturated heterocycles. The molecule has 0 amide bonds. The van der Waals surface area contributed by atoms with Crippen LogP contribution in [0, 0.1) is 0 Å². The smallest absolute Gasteiger partial charge is 0.129 e. The molecule has 1 aromatic heterocycles. The van der Waals surface area contributed by atoms with Gasteiger partial charge in [-0.3, -0.25) is 0 Å². The first-order valence-corrected chi connectivity index (χ1v) is 21.2. The van der Waals surface area contributed by atoms with Crippen molar-refractivity contribution in [2.24, 2.45) is 0 Å². The van der Waals surface area contributed by atoms with Gasteiger partial charge in [0.25, 0.3) is 0 Å². The quantitative estimate of drug-likeness (QED) is 0.163. The Bertz CT molecular complexity index is 3340. The summed E-state index contributed by atoms with van der Waals surface area (Å²) in [6.07, 6.45) is 22.9. The highest BCUT2D eigenvalue weighted by molar-refractivity contribution is 7.25. The minimum Gasteiger partial charge on any atom is -0.485 e. The van der Waals surface area contributed by atoms with Gasteiger partial charge in [0, 0.05) is 37.7 Å². The molecule has 3 aliphatic rings.